The second-order valence-electron chi connectivity index (χ2n) is 8.72. The van der Waals surface area contributed by atoms with Crippen LogP contribution in [0.2, 0.25) is 10.0 Å². The molecule has 0 aliphatic carbocycles. The molecule has 0 amide bonds. The van der Waals surface area contributed by atoms with E-state index in [0.29, 0.717) is 29.1 Å². The van der Waals surface area contributed by atoms with Crippen molar-refractivity contribution in [3.8, 4) is 34.2 Å². The monoisotopic (exact) mass is 536 g/mol. The van der Waals surface area contributed by atoms with E-state index >= 15 is 0 Å². The van der Waals surface area contributed by atoms with Crippen LogP contribution in [0.4, 0.5) is 0 Å². The van der Waals surface area contributed by atoms with E-state index in [2.05, 4.69) is 4.57 Å². The second kappa shape index (κ2) is 13.3. The number of unbranched alkanes of at least 4 members (excludes halogenated alkanes) is 4. The number of rotatable bonds is 12. The third kappa shape index (κ3) is 7.15. The number of aromatic nitrogens is 2. The Labute approximate surface area is 228 Å². The SMILES string of the molecule is COC(=O)CCCCCCCOc1nc(-c2ccc(Cl)cc2)c(-c2ccc(Cl)cc2)n1-c1ccccc1. The number of benzene rings is 3. The van der Waals surface area contributed by atoms with Gasteiger partial charge in [-0.3, -0.25) is 9.36 Å². The predicted octanol–water partition coefficient (Wildman–Crippen LogP) is 8.41. The minimum Gasteiger partial charge on any atom is -0.469 e. The molecule has 0 fully saturated rings. The molecular weight excluding hydrogens is 507 g/mol. The number of methoxy groups -OCH3 is 1. The summed E-state index contributed by atoms with van der Waals surface area (Å²) in [7, 11) is 1.43. The highest BCUT2D eigenvalue weighted by molar-refractivity contribution is 6.31. The lowest BCUT2D eigenvalue weighted by Crippen LogP contribution is -2.05. The first-order valence-corrected chi connectivity index (χ1v) is 13.2. The summed E-state index contributed by atoms with van der Waals surface area (Å²) in [5, 5.41) is 1.34. The molecule has 3 aromatic carbocycles. The third-order valence-electron chi connectivity index (χ3n) is 6.08. The summed E-state index contributed by atoms with van der Waals surface area (Å²) >= 11 is 12.4. The van der Waals surface area contributed by atoms with Gasteiger partial charge in [-0.15, -0.1) is 0 Å². The number of carbonyl (C=O) groups excluding carboxylic acids is 1. The van der Waals surface area contributed by atoms with Crippen molar-refractivity contribution in [2.75, 3.05) is 13.7 Å². The smallest absolute Gasteiger partial charge is 0.305 e. The molecule has 7 heteroatoms. The molecule has 0 spiro atoms. The van der Waals surface area contributed by atoms with Crippen LogP contribution in [-0.4, -0.2) is 29.2 Å². The standard InChI is InChI=1S/C30H30Cl2N2O3/c1-36-27(35)12-8-3-2-4-9-21-37-30-33-28(22-13-17-24(31)18-14-22)29(23-15-19-25(32)20-16-23)34(30)26-10-6-5-7-11-26/h5-7,10-11,13-20H,2-4,8-9,12,21H2,1H3. The highest BCUT2D eigenvalue weighted by atomic mass is 35.5. The summed E-state index contributed by atoms with van der Waals surface area (Å²) in [6.45, 7) is 0.543. The summed E-state index contributed by atoms with van der Waals surface area (Å²) in [5.41, 5.74) is 4.60. The fourth-order valence-corrected chi connectivity index (χ4v) is 4.42. The lowest BCUT2D eigenvalue weighted by molar-refractivity contribution is -0.140. The number of hydrogen-bond donors (Lipinski definition) is 0. The van der Waals surface area contributed by atoms with Gasteiger partial charge in [-0.25, -0.2) is 0 Å². The van der Waals surface area contributed by atoms with Gasteiger partial charge in [0.2, 0.25) is 0 Å². The Kier molecular flexibility index (Phi) is 9.64. The lowest BCUT2D eigenvalue weighted by Gasteiger charge is -2.13. The molecule has 1 heterocycles. The number of carbonyl (C=O) groups is 1. The van der Waals surface area contributed by atoms with E-state index < -0.39 is 0 Å². The third-order valence-corrected chi connectivity index (χ3v) is 6.58. The summed E-state index contributed by atoms with van der Waals surface area (Å²) in [5.74, 6) is -0.149. The van der Waals surface area contributed by atoms with Gasteiger partial charge in [0.15, 0.2) is 0 Å². The van der Waals surface area contributed by atoms with Gasteiger partial charge in [-0.05, 0) is 49.2 Å². The van der Waals surface area contributed by atoms with Crippen LogP contribution in [0.15, 0.2) is 78.9 Å². The van der Waals surface area contributed by atoms with E-state index in [1.807, 2.05) is 78.9 Å². The normalized spacial score (nSPS) is 10.9. The Bertz CT molecular complexity index is 1290. The van der Waals surface area contributed by atoms with Gasteiger partial charge in [-0.1, -0.05) is 84.9 Å². The summed E-state index contributed by atoms with van der Waals surface area (Å²) < 4.78 is 13.0. The average Bonchev–Trinajstić information content (AvgIpc) is 3.30. The van der Waals surface area contributed by atoms with Crippen LogP contribution in [-0.2, 0) is 9.53 Å². The number of ether oxygens (including phenoxy) is 2. The van der Waals surface area contributed by atoms with Gasteiger partial charge in [-0.2, -0.15) is 4.98 Å². The Morgan fingerprint density at radius 2 is 1.38 bits per heavy atom. The van der Waals surface area contributed by atoms with Crippen LogP contribution in [0.25, 0.3) is 28.2 Å². The summed E-state index contributed by atoms with van der Waals surface area (Å²) in [6, 6.07) is 26.0. The van der Waals surface area contributed by atoms with Crippen LogP contribution in [0.5, 0.6) is 6.01 Å². The molecule has 0 aliphatic rings. The van der Waals surface area contributed by atoms with Crippen LogP contribution >= 0.6 is 23.2 Å². The van der Waals surface area contributed by atoms with Crippen molar-refractivity contribution in [1.82, 2.24) is 9.55 Å². The molecule has 0 N–H and O–H groups in total. The maximum Gasteiger partial charge on any atom is 0.305 e. The molecule has 0 unspecified atom stereocenters. The number of nitrogens with zero attached hydrogens (tertiary/aromatic N) is 2. The van der Waals surface area contributed by atoms with E-state index in [9.17, 15) is 4.79 Å². The molecule has 0 atom stereocenters. The van der Waals surface area contributed by atoms with Gasteiger partial charge in [0.1, 0.15) is 5.69 Å². The number of hydrogen-bond acceptors (Lipinski definition) is 4. The molecule has 192 valence electrons. The molecule has 1 aromatic heterocycles. The molecular formula is C30H30Cl2N2O3. The molecule has 0 bridgehead atoms. The van der Waals surface area contributed by atoms with E-state index in [0.717, 1.165) is 60.3 Å². The highest BCUT2D eigenvalue weighted by Gasteiger charge is 2.22. The zero-order valence-electron chi connectivity index (χ0n) is 20.8. The minimum atomic E-state index is -0.149. The van der Waals surface area contributed by atoms with Crippen molar-refractivity contribution in [3.63, 3.8) is 0 Å². The van der Waals surface area contributed by atoms with Gasteiger partial charge in [0.05, 0.1) is 25.1 Å². The van der Waals surface area contributed by atoms with Gasteiger partial charge >= 0.3 is 12.0 Å². The highest BCUT2D eigenvalue weighted by Crippen LogP contribution is 2.38. The molecule has 4 rings (SSSR count). The number of halogens is 2. The van der Waals surface area contributed by atoms with Gasteiger partial charge in [0.25, 0.3) is 0 Å². The van der Waals surface area contributed by atoms with Crippen LogP contribution in [0.3, 0.4) is 0 Å². The predicted molar refractivity (Wildman–Crippen MR) is 150 cm³/mol. The minimum absolute atomic E-state index is 0.149. The molecule has 0 radical (unpaired) electrons. The average molecular weight is 537 g/mol. The quantitative estimate of drug-likeness (QED) is 0.135. The number of para-hydroxylation sites is 1. The van der Waals surface area contributed by atoms with Gasteiger partial charge < -0.3 is 9.47 Å². The van der Waals surface area contributed by atoms with Crippen molar-refractivity contribution < 1.29 is 14.3 Å². The van der Waals surface area contributed by atoms with Crippen LogP contribution in [0, 0.1) is 0 Å². The largest absolute Gasteiger partial charge is 0.469 e. The first-order valence-electron chi connectivity index (χ1n) is 12.5. The van der Waals surface area contributed by atoms with Gasteiger partial charge in [0, 0.05) is 27.6 Å². The molecule has 37 heavy (non-hydrogen) atoms. The Balaban J connectivity index is 1.60. The Hall–Kier alpha value is -3.28. The Morgan fingerprint density at radius 1 is 0.784 bits per heavy atom. The summed E-state index contributed by atoms with van der Waals surface area (Å²) in [6.07, 6.45) is 5.27. The fourth-order valence-electron chi connectivity index (χ4n) is 4.16. The fraction of sp³-hybridized carbons (Fsp3) is 0.267. The number of esters is 1. The van der Waals surface area contributed by atoms with E-state index in [4.69, 9.17) is 37.7 Å². The first-order chi connectivity index (χ1) is 18.1. The summed E-state index contributed by atoms with van der Waals surface area (Å²) in [4.78, 5) is 16.2. The maximum absolute atomic E-state index is 11.3. The molecule has 5 nitrogen and oxygen atoms in total. The van der Waals surface area contributed by atoms with Crippen molar-refractivity contribution in [2.45, 2.75) is 38.5 Å². The maximum atomic E-state index is 11.3. The topological polar surface area (TPSA) is 53.4 Å². The van der Waals surface area contributed by atoms with Crippen molar-refractivity contribution in [3.05, 3.63) is 88.9 Å². The zero-order valence-corrected chi connectivity index (χ0v) is 22.3. The van der Waals surface area contributed by atoms with E-state index in [-0.39, 0.29) is 5.97 Å². The number of imidazole rings is 1. The molecule has 4 aromatic rings. The van der Waals surface area contributed by atoms with Crippen molar-refractivity contribution in [1.29, 1.82) is 0 Å². The van der Waals surface area contributed by atoms with Crippen molar-refractivity contribution in [2.24, 2.45) is 0 Å². The lowest BCUT2D eigenvalue weighted by atomic mass is 10.0. The Morgan fingerprint density at radius 3 is 2.03 bits per heavy atom. The molecule has 0 saturated carbocycles. The van der Waals surface area contributed by atoms with E-state index in [1.54, 1.807) is 0 Å². The first kappa shape index (κ1) is 26.8. The van der Waals surface area contributed by atoms with Crippen molar-refractivity contribution >= 4 is 29.2 Å². The molecule has 0 aliphatic heterocycles. The second-order valence-corrected chi connectivity index (χ2v) is 9.59. The van der Waals surface area contributed by atoms with E-state index in [1.165, 1.54) is 7.11 Å². The molecule has 0 saturated heterocycles. The van der Waals surface area contributed by atoms with Crippen LogP contribution in [0.1, 0.15) is 38.5 Å². The zero-order chi connectivity index (χ0) is 26.0. The van der Waals surface area contributed by atoms with Crippen LogP contribution < -0.4 is 4.74 Å².